The molecule has 0 aliphatic carbocycles. The summed E-state index contributed by atoms with van der Waals surface area (Å²) >= 11 is 0. The summed E-state index contributed by atoms with van der Waals surface area (Å²) in [7, 11) is 1.66. The van der Waals surface area contributed by atoms with Crippen LogP contribution in [0.25, 0.3) is 0 Å². The third kappa shape index (κ3) is 3.15. The van der Waals surface area contributed by atoms with Crippen molar-refractivity contribution < 1.29 is 13.5 Å². The summed E-state index contributed by atoms with van der Waals surface area (Å²) in [5.41, 5.74) is 0.280. The van der Waals surface area contributed by atoms with Crippen molar-refractivity contribution in [1.82, 2.24) is 10.6 Å². The molecule has 3 atom stereocenters. The summed E-state index contributed by atoms with van der Waals surface area (Å²) in [6.45, 7) is 0.185. The Kier molecular flexibility index (Phi) is 4.05. The minimum absolute atomic E-state index is 0.185. The lowest BCUT2D eigenvalue weighted by molar-refractivity contribution is 0.0992. The molecule has 0 spiro atoms. The van der Waals surface area contributed by atoms with Crippen LogP contribution in [0, 0.1) is 11.6 Å². The van der Waals surface area contributed by atoms with Crippen LogP contribution in [-0.4, -0.2) is 31.3 Å². The lowest BCUT2D eigenvalue weighted by Crippen LogP contribution is -2.47. The van der Waals surface area contributed by atoms with Gasteiger partial charge in [-0.25, -0.2) is 8.78 Å². The first kappa shape index (κ1) is 14.3. The normalized spacial score (nSPS) is 28.0. The Balaban J connectivity index is 1.57. The van der Waals surface area contributed by atoms with Gasteiger partial charge in [-0.15, -0.1) is 0 Å². The molecule has 1 aromatic carbocycles. The quantitative estimate of drug-likeness (QED) is 0.662. The molecule has 0 aromatic heterocycles. The highest BCUT2D eigenvalue weighted by Gasteiger charge is 2.41. The summed E-state index contributed by atoms with van der Waals surface area (Å²) < 4.78 is 32.5. The molecule has 3 unspecified atom stereocenters. The summed E-state index contributed by atoms with van der Waals surface area (Å²) in [4.78, 5) is 4.12. The van der Waals surface area contributed by atoms with E-state index in [-0.39, 0.29) is 24.3 Å². The van der Waals surface area contributed by atoms with Crippen LogP contribution < -0.4 is 10.6 Å². The van der Waals surface area contributed by atoms with Crippen LogP contribution in [0.5, 0.6) is 0 Å². The van der Waals surface area contributed by atoms with Gasteiger partial charge in [-0.05, 0) is 37.5 Å². The zero-order valence-corrected chi connectivity index (χ0v) is 11.9. The van der Waals surface area contributed by atoms with Gasteiger partial charge >= 0.3 is 0 Å². The number of aliphatic imine (C=N–C) groups is 1. The van der Waals surface area contributed by atoms with E-state index in [1.807, 2.05) is 0 Å². The van der Waals surface area contributed by atoms with E-state index >= 15 is 0 Å². The molecule has 0 amide bonds. The van der Waals surface area contributed by atoms with Gasteiger partial charge in [0, 0.05) is 19.2 Å². The van der Waals surface area contributed by atoms with Crippen molar-refractivity contribution in [2.75, 3.05) is 7.05 Å². The second-order valence-corrected chi connectivity index (χ2v) is 5.52. The predicted octanol–water partition coefficient (Wildman–Crippen LogP) is 1.95. The van der Waals surface area contributed by atoms with Crippen LogP contribution >= 0.6 is 0 Å². The minimum atomic E-state index is -0.447. The first-order valence-electron chi connectivity index (χ1n) is 7.22. The third-order valence-electron chi connectivity index (χ3n) is 4.11. The predicted molar refractivity (Wildman–Crippen MR) is 76.0 cm³/mol. The molecule has 0 saturated carbocycles. The number of rotatable bonds is 3. The number of guanidine groups is 1. The molecule has 2 bridgehead atoms. The van der Waals surface area contributed by atoms with Gasteiger partial charge in [-0.3, -0.25) is 4.99 Å². The molecular formula is C15H19F2N3O. The van der Waals surface area contributed by atoms with E-state index in [1.165, 1.54) is 6.07 Å². The standard InChI is InChI=1S/C15H19F2N3O/c1-18-15(20-13-7-11-3-5-14(13)21-11)19-8-9-6-10(16)2-4-12(9)17/h2,4,6,11,13-14H,3,5,7-8H2,1H3,(H2,18,19,20). The summed E-state index contributed by atoms with van der Waals surface area (Å²) in [6.07, 6.45) is 3.76. The molecule has 0 radical (unpaired) electrons. The van der Waals surface area contributed by atoms with Crippen molar-refractivity contribution in [1.29, 1.82) is 0 Å². The fourth-order valence-electron chi connectivity index (χ4n) is 3.02. The van der Waals surface area contributed by atoms with E-state index < -0.39 is 11.6 Å². The van der Waals surface area contributed by atoms with Gasteiger partial charge < -0.3 is 15.4 Å². The van der Waals surface area contributed by atoms with Crippen LogP contribution in [0.1, 0.15) is 24.8 Å². The number of ether oxygens (including phenoxy) is 1. The van der Waals surface area contributed by atoms with Crippen LogP contribution in [0.3, 0.4) is 0 Å². The molecule has 2 fully saturated rings. The molecule has 2 aliphatic heterocycles. The fourth-order valence-corrected chi connectivity index (χ4v) is 3.02. The molecule has 2 heterocycles. The number of halogens is 2. The first-order valence-corrected chi connectivity index (χ1v) is 7.22. The number of benzene rings is 1. The summed E-state index contributed by atoms with van der Waals surface area (Å²) in [6, 6.07) is 3.67. The van der Waals surface area contributed by atoms with E-state index in [0.29, 0.717) is 12.1 Å². The Hall–Kier alpha value is -1.69. The van der Waals surface area contributed by atoms with Gasteiger partial charge in [0.2, 0.25) is 0 Å². The molecule has 6 heteroatoms. The Morgan fingerprint density at radius 1 is 1.38 bits per heavy atom. The molecule has 21 heavy (non-hydrogen) atoms. The Morgan fingerprint density at radius 2 is 2.24 bits per heavy atom. The number of nitrogens with zero attached hydrogens (tertiary/aromatic N) is 1. The maximum Gasteiger partial charge on any atom is 0.191 e. The van der Waals surface area contributed by atoms with Gasteiger partial charge in [0.25, 0.3) is 0 Å². The second kappa shape index (κ2) is 5.97. The maximum absolute atomic E-state index is 13.6. The van der Waals surface area contributed by atoms with Crippen molar-refractivity contribution in [3.63, 3.8) is 0 Å². The molecule has 2 saturated heterocycles. The Labute approximate surface area is 122 Å². The van der Waals surface area contributed by atoms with Crippen molar-refractivity contribution in [2.24, 2.45) is 4.99 Å². The first-order chi connectivity index (χ1) is 10.2. The van der Waals surface area contributed by atoms with Gasteiger partial charge in [0.05, 0.1) is 18.2 Å². The molecule has 2 N–H and O–H groups in total. The second-order valence-electron chi connectivity index (χ2n) is 5.52. The van der Waals surface area contributed by atoms with Crippen LogP contribution in [0.2, 0.25) is 0 Å². The fraction of sp³-hybridized carbons (Fsp3) is 0.533. The zero-order valence-electron chi connectivity index (χ0n) is 11.9. The van der Waals surface area contributed by atoms with E-state index in [4.69, 9.17) is 4.74 Å². The van der Waals surface area contributed by atoms with E-state index in [0.717, 1.165) is 31.4 Å². The molecule has 4 nitrogen and oxygen atoms in total. The van der Waals surface area contributed by atoms with Gasteiger partial charge in [-0.1, -0.05) is 0 Å². The van der Waals surface area contributed by atoms with Crippen molar-refractivity contribution in [2.45, 2.75) is 44.1 Å². The molecule has 114 valence electrons. The highest BCUT2D eigenvalue weighted by atomic mass is 19.1. The van der Waals surface area contributed by atoms with Crippen LogP contribution in [0.15, 0.2) is 23.2 Å². The van der Waals surface area contributed by atoms with Gasteiger partial charge in [-0.2, -0.15) is 0 Å². The maximum atomic E-state index is 13.6. The topological polar surface area (TPSA) is 45.7 Å². The van der Waals surface area contributed by atoms with E-state index in [9.17, 15) is 8.78 Å². The highest BCUT2D eigenvalue weighted by molar-refractivity contribution is 5.80. The third-order valence-corrected chi connectivity index (χ3v) is 4.11. The Bertz CT molecular complexity index is 550. The van der Waals surface area contributed by atoms with Gasteiger partial charge in [0.1, 0.15) is 11.6 Å². The highest BCUT2D eigenvalue weighted by Crippen LogP contribution is 2.34. The summed E-state index contributed by atoms with van der Waals surface area (Å²) in [5.74, 6) is -0.292. The van der Waals surface area contributed by atoms with E-state index in [1.54, 1.807) is 7.05 Å². The Morgan fingerprint density at radius 3 is 2.90 bits per heavy atom. The number of nitrogens with one attached hydrogen (secondary N) is 2. The zero-order chi connectivity index (χ0) is 14.8. The molecule has 1 aromatic rings. The average molecular weight is 295 g/mol. The monoisotopic (exact) mass is 295 g/mol. The molecule has 3 rings (SSSR count). The van der Waals surface area contributed by atoms with E-state index in [2.05, 4.69) is 15.6 Å². The number of hydrogen-bond acceptors (Lipinski definition) is 2. The van der Waals surface area contributed by atoms with Gasteiger partial charge in [0.15, 0.2) is 5.96 Å². The largest absolute Gasteiger partial charge is 0.373 e. The SMILES string of the molecule is CN=C(NCc1cc(F)ccc1F)NC1CC2CCC1O2. The van der Waals surface area contributed by atoms with Crippen molar-refractivity contribution in [3.8, 4) is 0 Å². The molecular weight excluding hydrogens is 276 g/mol. The van der Waals surface area contributed by atoms with Crippen LogP contribution in [0.4, 0.5) is 8.78 Å². The molecule has 2 aliphatic rings. The summed E-state index contributed by atoms with van der Waals surface area (Å²) in [5, 5.41) is 6.32. The number of fused-ring (bicyclic) bond motifs is 2. The van der Waals surface area contributed by atoms with Crippen molar-refractivity contribution >= 4 is 5.96 Å². The average Bonchev–Trinajstić information content (AvgIpc) is 3.09. The number of hydrogen-bond donors (Lipinski definition) is 2. The lowest BCUT2D eigenvalue weighted by atomic mass is 9.96. The smallest absolute Gasteiger partial charge is 0.191 e. The minimum Gasteiger partial charge on any atom is -0.373 e. The van der Waals surface area contributed by atoms with Crippen molar-refractivity contribution in [3.05, 3.63) is 35.4 Å². The van der Waals surface area contributed by atoms with Crippen LogP contribution in [-0.2, 0) is 11.3 Å². The lowest BCUT2D eigenvalue weighted by Gasteiger charge is -2.22.